The summed E-state index contributed by atoms with van der Waals surface area (Å²) in [5.74, 6) is 2.81. The minimum absolute atomic E-state index is 0.688. The van der Waals surface area contributed by atoms with E-state index in [0.717, 1.165) is 65.8 Å². The number of aromatic amines is 4. The molecule has 4 N–H and O–H groups in total. The number of hydrogen-bond donors (Lipinski definition) is 4. The maximum atomic E-state index is 5.42. The van der Waals surface area contributed by atoms with Crippen molar-refractivity contribution >= 4 is 89.1 Å². The number of nitrogens with zero attached hydrogens (tertiary/aromatic N) is 8. The Morgan fingerprint density at radius 2 is 0.596 bits per heavy atom. The maximum Gasteiger partial charge on any atom is 0.144 e. The molecule has 0 radical (unpaired) electrons. The SMILES string of the molecule is CN(C)c1c(N(C)C)c(N(C)C)c2c3[nH]c(c2c1N(C)C)=Nc1[nH]c(c2ccccc12)N=c1[nH]c(c2ccccc12)=Nc1[nH]c(c2ccccc12)N=3. The molecule has 12 heteroatoms. The van der Waals surface area contributed by atoms with Gasteiger partial charge in [0.1, 0.15) is 45.2 Å². The zero-order chi connectivity index (χ0) is 36.0. The normalized spacial score (nSPS) is 12.5. The average Bonchev–Trinajstić information content (AvgIpc) is 3.86. The molecule has 0 saturated carbocycles. The number of aromatic nitrogens is 4. The van der Waals surface area contributed by atoms with E-state index in [1.165, 1.54) is 0 Å². The van der Waals surface area contributed by atoms with Crippen LogP contribution < -0.4 is 41.6 Å². The van der Waals surface area contributed by atoms with Crippen molar-refractivity contribution < 1.29 is 0 Å². The molecular weight excluding hydrogens is 649 g/mol. The van der Waals surface area contributed by atoms with Gasteiger partial charge in [-0.15, -0.1) is 0 Å². The van der Waals surface area contributed by atoms with E-state index in [1.807, 2.05) is 36.4 Å². The fourth-order valence-electron chi connectivity index (χ4n) is 7.69. The molecular formula is C40H40N12. The Balaban J connectivity index is 1.56. The lowest BCUT2D eigenvalue weighted by Gasteiger charge is -2.33. The summed E-state index contributed by atoms with van der Waals surface area (Å²) < 4.78 is 0. The van der Waals surface area contributed by atoms with E-state index >= 15 is 0 Å². The fraction of sp³-hybridized carbons (Fsp3) is 0.200. The molecule has 12 nitrogen and oxygen atoms in total. The van der Waals surface area contributed by atoms with Crippen LogP contribution >= 0.6 is 0 Å². The highest BCUT2D eigenvalue weighted by Gasteiger charge is 2.28. The van der Waals surface area contributed by atoms with Crippen LogP contribution in [0, 0.1) is 0 Å². The van der Waals surface area contributed by atoms with Crippen molar-refractivity contribution in [1.29, 1.82) is 0 Å². The van der Waals surface area contributed by atoms with Crippen LogP contribution in [-0.2, 0) is 0 Å². The summed E-state index contributed by atoms with van der Waals surface area (Å²) in [5, 5.41) is 7.73. The third-order valence-corrected chi connectivity index (χ3v) is 9.81. The van der Waals surface area contributed by atoms with Gasteiger partial charge in [0.25, 0.3) is 0 Å². The molecule has 0 aliphatic carbocycles. The van der Waals surface area contributed by atoms with Crippen LogP contribution in [-0.4, -0.2) is 76.3 Å². The zero-order valence-corrected chi connectivity index (χ0v) is 30.5. The number of anilines is 4. The number of benzene rings is 4. The Kier molecular flexibility index (Phi) is 6.94. The standard InChI is InChI=1S/C40H40N12/c1-49(2)29-27-28(30(50(3)4)32(52(7)8)31(29)51(5)6)40-47-38-26-20-14-12-18-24(26)36(45-38)43-34-22-16-10-9-15-21(22)33(41-34)42-35-23-17-11-13-19-25(23)37(44-35)46-39(27)48-40/h9-20H,1-8H3,(H4,41,42,43,44,45,46,47,48). The van der Waals surface area contributed by atoms with Gasteiger partial charge in [-0.25, -0.2) is 20.0 Å². The van der Waals surface area contributed by atoms with Crippen LogP contribution in [0.25, 0.3) is 43.1 Å². The molecule has 1 aliphatic heterocycles. The Labute approximate surface area is 299 Å². The second-order valence-electron chi connectivity index (χ2n) is 14.1. The predicted molar refractivity (Wildman–Crippen MR) is 214 cm³/mol. The largest absolute Gasteiger partial charge is 0.375 e. The predicted octanol–water partition coefficient (Wildman–Crippen LogP) is 5.99. The number of H-pyrrole nitrogens is 4. The quantitative estimate of drug-likeness (QED) is 0.181. The molecule has 52 heavy (non-hydrogen) atoms. The second kappa shape index (κ2) is 11.5. The Bertz CT molecular complexity index is 2790. The first-order chi connectivity index (χ1) is 25.1. The van der Waals surface area contributed by atoms with Crippen molar-refractivity contribution in [3.8, 4) is 0 Å². The van der Waals surface area contributed by atoms with Crippen LogP contribution in [0.15, 0.2) is 92.8 Å². The van der Waals surface area contributed by atoms with Crippen LogP contribution in [0.1, 0.15) is 0 Å². The van der Waals surface area contributed by atoms with Gasteiger partial charge in [-0.05, 0) is 0 Å². The molecule has 0 saturated heterocycles. The van der Waals surface area contributed by atoms with E-state index in [1.54, 1.807) is 0 Å². The fourth-order valence-corrected chi connectivity index (χ4v) is 7.69. The second-order valence-corrected chi connectivity index (χ2v) is 14.1. The van der Waals surface area contributed by atoms with Gasteiger partial charge in [-0.3, -0.25) is 0 Å². The summed E-state index contributed by atoms with van der Waals surface area (Å²) >= 11 is 0. The molecule has 4 aromatic carbocycles. The van der Waals surface area contributed by atoms with Crippen LogP contribution in [0.5, 0.6) is 0 Å². The highest BCUT2D eigenvalue weighted by molar-refractivity contribution is 6.15. The molecule has 0 spiro atoms. The van der Waals surface area contributed by atoms with Crippen molar-refractivity contribution in [2.24, 2.45) is 20.0 Å². The van der Waals surface area contributed by atoms with Crippen molar-refractivity contribution in [3.05, 3.63) is 94.7 Å². The number of rotatable bonds is 4. The first kappa shape index (κ1) is 31.4. The van der Waals surface area contributed by atoms with Gasteiger partial charge in [0.05, 0.1) is 33.5 Å². The summed E-state index contributed by atoms with van der Waals surface area (Å²) in [7, 11) is 16.7. The Morgan fingerprint density at radius 1 is 0.327 bits per heavy atom. The van der Waals surface area contributed by atoms with E-state index in [0.29, 0.717) is 45.2 Å². The van der Waals surface area contributed by atoms with Gasteiger partial charge < -0.3 is 39.5 Å². The van der Waals surface area contributed by atoms with E-state index < -0.39 is 0 Å². The molecule has 0 unspecified atom stereocenters. The van der Waals surface area contributed by atoms with E-state index in [-0.39, 0.29) is 0 Å². The Hall–Kier alpha value is -6.56. The first-order valence-electron chi connectivity index (χ1n) is 17.2. The lowest BCUT2D eigenvalue weighted by molar-refractivity contribution is 1.04. The van der Waals surface area contributed by atoms with Gasteiger partial charge in [0, 0.05) is 88.7 Å². The minimum Gasteiger partial charge on any atom is -0.375 e. The molecule has 0 amide bonds. The van der Waals surface area contributed by atoms with Gasteiger partial charge in [0.15, 0.2) is 0 Å². The van der Waals surface area contributed by atoms with Crippen LogP contribution in [0.2, 0.25) is 0 Å². The highest BCUT2D eigenvalue weighted by atomic mass is 15.2. The summed E-state index contributed by atoms with van der Waals surface area (Å²) in [5.41, 5.74) is 7.01. The molecule has 5 heterocycles. The number of hydrogen-bond acceptors (Lipinski definition) is 8. The molecule has 260 valence electrons. The van der Waals surface area contributed by atoms with Gasteiger partial charge in [0.2, 0.25) is 0 Å². The average molecular weight is 689 g/mol. The third kappa shape index (κ3) is 4.60. The van der Waals surface area contributed by atoms with Gasteiger partial charge in [-0.1, -0.05) is 72.8 Å². The van der Waals surface area contributed by atoms with E-state index in [4.69, 9.17) is 20.0 Å². The van der Waals surface area contributed by atoms with Crippen molar-refractivity contribution in [2.45, 2.75) is 0 Å². The maximum absolute atomic E-state index is 5.42. The lowest BCUT2D eigenvalue weighted by atomic mass is 10.0. The highest BCUT2D eigenvalue weighted by Crippen LogP contribution is 2.48. The summed E-state index contributed by atoms with van der Waals surface area (Å²) in [6, 6.07) is 24.7. The molecule has 4 aromatic heterocycles. The van der Waals surface area contributed by atoms with E-state index in [2.05, 4.69) is 132 Å². The molecule has 9 rings (SSSR count). The smallest absolute Gasteiger partial charge is 0.144 e. The monoisotopic (exact) mass is 688 g/mol. The van der Waals surface area contributed by atoms with Gasteiger partial charge >= 0.3 is 0 Å². The van der Waals surface area contributed by atoms with E-state index in [9.17, 15) is 0 Å². The number of nitrogens with one attached hydrogen (secondary N) is 4. The molecule has 8 bridgehead atoms. The molecule has 1 aliphatic rings. The van der Waals surface area contributed by atoms with Crippen molar-refractivity contribution in [2.75, 3.05) is 76.0 Å². The van der Waals surface area contributed by atoms with Crippen LogP contribution in [0.4, 0.5) is 46.0 Å². The zero-order valence-electron chi connectivity index (χ0n) is 30.5. The first-order valence-corrected chi connectivity index (χ1v) is 17.2. The van der Waals surface area contributed by atoms with Gasteiger partial charge in [-0.2, -0.15) is 0 Å². The summed E-state index contributed by atoms with van der Waals surface area (Å²) in [6.07, 6.45) is 0. The van der Waals surface area contributed by atoms with Crippen molar-refractivity contribution in [3.63, 3.8) is 0 Å². The molecule has 8 aromatic rings. The summed E-state index contributed by atoms with van der Waals surface area (Å²) in [4.78, 5) is 44.4. The van der Waals surface area contributed by atoms with Crippen molar-refractivity contribution in [1.82, 2.24) is 19.9 Å². The minimum atomic E-state index is 0.688. The molecule has 0 atom stereocenters. The lowest BCUT2D eigenvalue weighted by Crippen LogP contribution is -2.25. The third-order valence-electron chi connectivity index (χ3n) is 9.81. The Morgan fingerprint density at radius 3 is 0.904 bits per heavy atom. The van der Waals surface area contributed by atoms with Crippen LogP contribution in [0.3, 0.4) is 0 Å². The summed E-state index contributed by atoms with van der Waals surface area (Å²) in [6.45, 7) is 0. The number of fused-ring (bicyclic) bond motifs is 20. The topological polar surface area (TPSA) is 126 Å². The molecule has 0 fully saturated rings.